The first-order valence-corrected chi connectivity index (χ1v) is 6.95. The van der Waals surface area contributed by atoms with E-state index in [1.807, 2.05) is 11.4 Å². The van der Waals surface area contributed by atoms with Crippen LogP contribution in [-0.2, 0) is 6.54 Å². The van der Waals surface area contributed by atoms with Gasteiger partial charge in [-0.3, -0.25) is 5.43 Å². The highest BCUT2D eigenvalue weighted by molar-refractivity contribution is 7.16. The van der Waals surface area contributed by atoms with Crippen molar-refractivity contribution >= 4 is 33.3 Å². The molecule has 21 heavy (non-hydrogen) atoms. The Labute approximate surface area is 122 Å². The molecule has 1 aromatic carbocycles. The van der Waals surface area contributed by atoms with Gasteiger partial charge >= 0.3 is 0 Å². The topological polar surface area (TPSA) is 75.9 Å². The monoisotopic (exact) mass is 307 g/mol. The van der Waals surface area contributed by atoms with Crippen molar-refractivity contribution in [2.24, 2.45) is 5.84 Å². The number of nitrogen functional groups attached to an aromatic ring is 1. The van der Waals surface area contributed by atoms with Crippen LogP contribution in [-0.4, -0.2) is 9.97 Å². The Morgan fingerprint density at radius 2 is 2.00 bits per heavy atom. The first-order valence-electron chi connectivity index (χ1n) is 6.07. The standard InChI is InChI=1S/C13H11F2N5S/c14-9-2-1-7(5-10(9)15)6-17-11-8-3-4-21-12(8)19-13(18-11)20-16/h1-5H,6,16H2,(H2,17,18,19,20). The van der Waals surface area contributed by atoms with Crippen LogP contribution in [0.5, 0.6) is 0 Å². The average Bonchev–Trinajstić information content (AvgIpc) is 2.96. The van der Waals surface area contributed by atoms with Crippen LogP contribution < -0.4 is 16.6 Å². The fraction of sp³-hybridized carbons (Fsp3) is 0.0769. The molecular formula is C13H11F2N5S. The summed E-state index contributed by atoms with van der Waals surface area (Å²) in [7, 11) is 0. The number of nitrogens with two attached hydrogens (primary N) is 1. The molecule has 2 heterocycles. The second-order valence-corrected chi connectivity index (χ2v) is 5.18. The summed E-state index contributed by atoms with van der Waals surface area (Å²) in [5.74, 6) is 4.47. The molecule has 0 unspecified atom stereocenters. The van der Waals surface area contributed by atoms with E-state index < -0.39 is 11.6 Å². The predicted molar refractivity (Wildman–Crippen MR) is 78.9 cm³/mol. The summed E-state index contributed by atoms with van der Waals surface area (Å²) < 4.78 is 26.1. The molecule has 0 saturated heterocycles. The van der Waals surface area contributed by atoms with E-state index >= 15 is 0 Å². The third-order valence-electron chi connectivity index (χ3n) is 2.90. The number of hydrazine groups is 1. The van der Waals surface area contributed by atoms with Crippen molar-refractivity contribution in [1.82, 2.24) is 9.97 Å². The summed E-state index contributed by atoms with van der Waals surface area (Å²) in [6, 6.07) is 5.64. The molecule has 0 aliphatic rings. The van der Waals surface area contributed by atoms with Crippen LogP contribution >= 0.6 is 11.3 Å². The number of benzene rings is 1. The molecule has 3 aromatic rings. The van der Waals surface area contributed by atoms with Gasteiger partial charge in [-0.1, -0.05) is 6.07 Å². The zero-order chi connectivity index (χ0) is 14.8. The van der Waals surface area contributed by atoms with E-state index in [-0.39, 0.29) is 5.95 Å². The molecule has 0 aliphatic carbocycles. The number of nitrogens with zero attached hydrogens (tertiary/aromatic N) is 2. The van der Waals surface area contributed by atoms with Crippen LogP contribution in [0.1, 0.15) is 5.56 Å². The number of rotatable bonds is 4. The lowest BCUT2D eigenvalue weighted by Gasteiger charge is -2.09. The highest BCUT2D eigenvalue weighted by Crippen LogP contribution is 2.26. The highest BCUT2D eigenvalue weighted by atomic mass is 32.1. The molecule has 0 aliphatic heterocycles. The van der Waals surface area contributed by atoms with Crippen LogP contribution in [0, 0.1) is 11.6 Å². The van der Waals surface area contributed by atoms with Crippen molar-refractivity contribution in [2.45, 2.75) is 6.54 Å². The molecule has 5 nitrogen and oxygen atoms in total. The van der Waals surface area contributed by atoms with Crippen LogP contribution in [0.2, 0.25) is 0 Å². The molecule has 8 heteroatoms. The van der Waals surface area contributed by atoms with Gasteiger partial charge in [0.2, 0.25) is 5.95 Å². The fourth-order valence-corrected chi connectivity index (χ4v) is 2.65. The molecule has 0 bridgehead atoms. The Morgan fingerprint density at radius 1 is 1.14 bits per heavy atom. The molecule has 0 saturated carbocycles. The zero-order valence-corrected chi connectivity index (χ0v) is 11.5. The fourth-order valence-electron chi connectivity index (χ4n) is 1.89. The van der Waals surface area contributed by atoms with Crippen molar-refractivity contribution < 1.29 is 8.78 Å². The van der Waals surface area contributed by atoms with E-state index in [9.17, 15) is 8.78 Å². The molecule has 0 radical (unpaired) electrons. The van der Waals surface area contributed by atoms with Crippen molar-refractivity contribution in [3.8, 4) is 0 Å². The maximum Gasteiger partial charge on any atom is 0.240 e. The first-order chi connectivity index (χ1) is 10.2. The lowest BCUT2D eigenvalue weighted by atomic mass is 10.2. The molecule has 108 valence electrons. The Hall–Kier alpha value is -2.32. The molecule has 0 fully saturated rings. The van der Waals surface area contributed by atoms with Gasteiger partial charge in [-0.05, 0) is 29.1 Å². The van der Waals surface area contributed by atoms with Gasteiger partial charge in [0, 0.05) is 6.54 Å². The Kier molecular flexibility index (Phi) is 3.63. The maximum absolute atomic E-state index is 13.2. The summed E-state index contributed by atoms with van der Waals surface area (Å²) >= 11 is 1.46. The number of aromatic nitrogens is 2. The minimum Gasteiger partial charge on any atom is -0.365 e. The van der Waals surface area contributed by atoms with Crippen molar-refractivity contribution in [1.29, 1.82) is 0 Å². The quantitative estimate of drug-likeness (QED) is 0.510. The van der Waals surface area contributed by atoms with Crippen LogP contribution in [0.15, 0.2) is 29.6 Å². The normalized spacial score (nSPS) is 10.8. The van der Waals surface area contributed by atoms with Gasteiger partial charge in [0.1, 0.15) is 10.6 Å². The SMILES string of the molecule is NNc1nc(NCc2ccc(F)c(F)c2)c2ccsc2n1. The smallest absolute Gasteiger partial charge is 0.240 e. The summed E-state index contributed by atoms with van der Waals surface area (Å²) in [5.41, 5.74) is 3.01. The van der Waals surface area contributed by atoms with Gasteiger partial charge in [0.25, 0.3) is 0 Å². The number of hydrogen-bond acceptors (Lipinski definition) is 6. The van der Waals surface area contributed by atoms with E-state index in [4.69, 9.17) is 5.84 Å². The lowest BCUT2D eigenvalue weighted by Crippen LogP contribution is -2.12. The minimum absolute atomic E-state index is 0.290. The minimum atomic E-state index is -0.873. The number of nitrogens with one attached hydrogen (secondary N) is 2. The number of hydrogen-bond donors (Lipinski definition) is 3. The van der Waals surface area contributed by atoms with E-state index in [1.54, 1.807) is 0 Å². The van der Waals surface area contributed by atoms with Gasteiger partial charge in [0.15, 0.2) is 11.6 Å². The summed E-state index contributed by atoms with van der Waals surface area (Å²) in [4.78, 5) is 9.23. The summed E-state index contributed by atoms with van der Waals surface area (Å²) in [6.07, 6.45) is 0. The lowest BCUT2D eigenvalue weighted by molar-refractivity contribution is 0.507. The van der Waals surface area contributed by atoms with Gasteiger partial charge in [0.05, 0.1) is 5.39 Å². The third-order valence-corrected chi connectivity index (χ3v) is 3.70. The first kappa shape index (κ1) is 13.7. The largest absolute Gasteiger partial charge is 0.365 e. The van der Waals surface area contributed by atoms with Crippen LogP contribution in [0.4, 0.5) is 20.5 Å². The second kappa shape index (κ2) is 5.58. The number of halogens is 2. The molecular weight excluding hydrogens is 296 g/mol. The average molecular weight is 307 g/mol. The Bertz CT molecular complexity index is 789. The predicted octanol–water partition coefficient (Wildman–Crippen LogP) is 2.87. The highest BCUT2D eigenvalue weighted by Gasteiger charge is 2.09. The molecule has 0 atom stereocenters. The molecule has 0 amide bonds. The molecule has 3 rings (SSSR count). The number of fused-ring (bicyclic) bond motifs is 1. The third kappa shape index (κ3) is 2.76. The maximum atomic E-state index is 13.2. The van der Waals surface area contributed by atoms with E-state index in [1.165, 1.54) is 17.4 Å². The molecule has 4 N–H and O–H groups in total. The molecule has 0 spiro atoms. The Morgan fingerprint density at radius 3 is 2.76 bits per heavy atom. The van der Waals surface area contributed by atoms with Crippen LogP contribution in [0.25, 0.3) is 10.2 Å². The van der Waals surface area contributed by atoms with Crippen molar-refractivity contribution in [3.63, 3.8) is 0 Å². The Balaban J connectivity index is 1.87. The summed E-state index contributed by atoms with van der Waals surface area (Å²) in [5, 5.41) is 5.82. The van der Waals surface area contributed by atoms with Gasteiger partial charge in [-0.25, -0.2) is 19.6 Å². The zero-order valence-electron chi connectivity index (χ0n) is 10.7. The number of anilines is 2. The molecule has 2 aromatic heterocycles. The second-order valence-electron chi connectivity index (χ2n) is 4.28. The van der Waals surface area contributed by atoms with Gasteiger partial charge < -0.3 is 5.32 Å². The van der Waals surface area contributed by atoms with Crippen molar-refractivity contribution in [3.05, 3.63) is 46.8 Å². The van der Waals surface area contributed by atoms with E-state index in [0.29, 0.717) is 17.9 Å². The summed E-state index contributed by atoms with van der Waals surface area (Å²) in [6.45, 7) is 0.309. The van der Waals surface area contributed by atoms with E-state index in [2.05, 4.69) is 20.7 Å². The number of thiophene rings is 1. The van der Waals surface area contributed by atoms with Crippen molar-refractivity contribution in [2.75, 3.05) is 10.7 Å². The van der Waals surface area contributed by atoms with Crippen LogP contribution in [0.3, 0.4) is 0 Å². The van der Waals surface area contributed by atoms with Gasteiger partial charge in [-0.2, -0.15) is 4.98 Å². The van der Waals surface area contributed by atoms with Gasteiger partial charge in [-0.15, -0.1) is 11.3 Å². The van der Waals surface area contributed by atoms with E-state index in [0.717, 1.165) is 22.3 Å².